The number of carbonyl (C=O) groups excluding carboxylic acids is 2. The zero-order valence-electron chi connectivity index (χ0n) is 32.1. The van der Waals surface area contributed by atoms with Crippen LogP contribution in [0.5, 0.6) is 0 Å². The van der Waals surface area contributed by atoms with Gasteiger partial charge in [-0.1, -0.05) is 115 Å². The van der Waals surface area contributed by atoms with Crippen molar-refractivity contribution >= 4 is 11.9 Å². The van der Waals surface area contributed by atoms with E-state index in [-0.39, 0.29) is 26.1 Å². The lowest BCUT2D eigenvalue weighted by Crippen LogP contribution is -2.59. The molecule has 0 aromatic heterocycles. The third kappa shape index (κ3) is 24.9. The van der Waals surface area contributed by atoms with E-state index in [4.69, 9.17) is 18.9 Å². The van der Waals surface area contributed by atoms with Crippen LogP contribution in [0.15, 0.2) is 24.3 Å². The van der Waals surface area contributed by atoms with E-state index in [0.717, 1.165) is 64.2 Å². The van der Waals surface area contributed by atoms with Gasteiger partial charge in [-0.2, -0.15) is 0 Å². The van der Waals surface area contributed by atoms with E-state index in [9.17, 15) is 30.0 Å². The Morgan fingerprint density at radius 1 is 0.588 bits per heavy atom. The molecule has 0 amide bonds. The van der Waals surface area contributed by atoms with Crippen molar-refractivity contribution in [2.24, 2.45) is 0 Å². The summed E-state index contributed by atoms with van der Waals surface area (Å²) in [6, 6.07) is 0. The zero-order chi connectivity index (χ0) is 37.4. The first-order valence-corrected chi connectivity index (χ1v) is 20.4. The zero-order valence-corrected chi connectivity index (χ0v) is 32.1. The monoisotopic (exact) mass is 727 g/mol. The average Bonchev–Trinajstić information content (AvgIpc) is 3.13. The summed E-state index contributed by atoms with van der Waals surface area (Å²) in [4.78, 5) is 25.2. The largest absolute Gasteiger partial charge is 0.462 e. The van der Waals surface area contributed by atoms with Crippen LogP contribution in [0.3, 0.4) is 0 Å². The minimum atomic E-state index is -1.60. The van der Waals surface area contributed by atoms with Gasteiger partial charge < -0.3 is 39.4 Å². The molecule has 1 fully saturated rings. The SMILES string of the molecule is CCCCCCC/C=C\CCCCCCC(=O)OC[C@@H](CO[C@@H]1O[C@H](CO)[C@@H](O)[C@H](O)[C@H]1O)OC(=O)CCCCCC/C=C\CCCCCCC. The molecule has 0 spiro atoms. The first kappa shape index (κ1) is 47.2. The Kier molecular flexibility index (Phi) is 30.4. The van der Waals surface area contributed by atoms with Crippen LogP contribution >= 0.6 is 0 Å². The summed E-state index contributed by atoms with van der Waals surface area (Å²) in [5.74, 6) is -0.834. The number of rotatable bonds is 33. The molecule has 0 unspecified atom stereocenters. The fourth-order valence-corrected chi connectivity index (χ4v) is 6.00. The van der Waals surface area contributed by atoms with Crippen LogP contribution in [-0.4, -0.2) is 89.0 Å². The van der Waals surface area contributed by atoms with Gasteiger partial charge in [-0.05, 0) is 64.2 Å². The quantitative estimate of drug-likeness (QED) is 0.0300. The lowest BCUT2D eigenvalue weighted by molar-refractivity contribution is -0.305. The molecule has 0 aromatic carbocycles. The van der Waals surface area contributed by atoms with Gasteiger partial charge in [0, 0.05) is 12.8 Å². The first-order valence-electron chi connectivity index (χ1n) is 20.4. The maximum atomic E-state index is 12.7. The second-order valence-corrected chi connectivity index (χ2v) is 14.1. The fraction of sp³-hybridized carbons (Fsp3) is 0.854. The molecule has 4 N–H and O–H groups in total. The highest BCUT2D eigenvalue weighted by molar-refractivity contribution is 5.70. The summed E-state index contributed by atoms with van der Waals surface area (Å²) < 4.78 is 22.1. The van der Waals surface area contributed by atoms with Crippen molar-refractivity contribution in [3.05, 3.63) is 24.3 Å². The number of esters is 2. The predicted molar refractivity (Wildman–Crippen MR) is 201 cm³/mol. The molecular weight excluding hydrogens is 652 g/mol. The Balaban J connectivity index is 2.40. The van der Waals surface area contributed by atoms with Crippen molar-refractivity contribution < 1.29 is 49.0 Å². The van der Waals surface area contributed by atoms with E-state index >= 15 is 0 Å². The molecule has 1 aliphatic rings. The summed E-state index contributed by atoms with van der Waals surface area (Å²) in [5, 5.41) is 39.9. The van der Waals surface area contributed by atoms with Gasteiger partial charge >= 0.3 is 11.9 Å². The van der Waals surface area contributed by atoms with Crippen LogP contribution in [0, 0.1) is 0 Å². The van der Waals surface area contributed by atoms with Crippen LogP contribution in [0.1, 0.15) is 168 Å². The number of carbonyl (C=O) groups is 2. The van der Waals surface area contributed by atoms with Crippen LogP contribution in [0.2, 0.25) is 0 Å². The number of hydrogen-bond donors (Lipinski definition) is 4. The first-order chi connectivity index (χ1) is 24.8. The van der Waals surface area contributed by atoms with E-state index < -0.39 is 55.4 Å². The van der Waals surface area contributed by atoms with E-state index in [0.29, 0.717) is 12.8 Å². The minimum absolute atomic E-state index is 0.215. The van der Waals surface area contributed by atoms with Crippen LogP contribution in [-0.2, 0) is 28.5 Å². The Hall–Kier alpha value is -1.82. The minimum Gasteiger partial charge on any atom is -0.462 e. The molecule has 0 radical (unpaired) electrons. The van der Waals surface area contributed by atoms with Crippen LogP contribution in [0.4, 0.5) is 0 Å². The highest BCUT2D eigenvalue weighted by Gasteiger charge is 2.44. The third-order valence-corrected chi connectivity index (χ3v) is 9.31. The lowest BCUT2D eigenvalue weighted by Gasteiger charge is -2.39. The third-order valence-electron chi connectivity index (χ3n) is 9.31. The Morgan fingerprint density at radius 3 is 1.51 bits per heavy atom. The molecule has 0 saturated carbocycles. The molecule has 1 aliphatic heterocycles. The van der Waals surface area contributed by atoms with Crippen LogP contribution in [0.25, 0.3) is 0 Å². The van der Waals surface area contributed by atoms with E-state index in [1.54, 1.807) is 0 Å². The smallest absolute Gasteiger partial charge is 0.306 e. The van der Waals surface area contributed by atoms with Crippen LogP contribution < -0.4 is 0 Å². The van der Waals surface area contributed by atoms with Crippen molar-refractivity contribution in [3.63, 3.8) is 0 Å². The van der Waals surface area contributed by atoms with Crippen molar-refractivity contribution in [1.29, 1.82) is 0 Å². The molecule has 0 bridgehead atoms. The van der Waals surface area contributed by atoms with E-state index in [1.165, 1.54) is 64.2 Å². The topological polar surface area (TPSA) is 152 Å². The maximum Gasteiger partial charge on any atom is 0.306 e. The standard InChI is InChI=1S/C41H74O10/c1-3-5-7-9-11-13-15-17-19-21-23-25-27-29-36(43)48-32-34(33-49-41-40(47)39(46)38(45)35(31-42)51-41)50-37(44)30-28-26-24-22-20-18-16-14-12-10-8-6-4-2/h15-18,34-35,38-42,45-47H,3-14,19-33H2,1-2H3/b17-15-,18-16-/t34-,35+,38+,39-,40+,41+/m0/s1. The number of aliphatic hydroxyl groups is 4. The van der Waals surface area contributed by atoms with Crippen molar-refractivity contribution in [2.75, 3.05) is 19.8 Å². The summed E-state index contributed by atoms with van der Waals surface area (Å²) in [5.41, 5.74) is 0. The average molecular weight is 727 g/mol. The lowest BCUT2D eigenvalue weighted by atomic mass is 9.99. The number of ether oxygens (including phenoxy) is 4. The van der Waals surface area contributed by atoms with Gasteiger partial charge in [-0.15, -0.1) is 0 Å². The second kappa shape index (κ2) is 32.8. The summed E-state index contributed by atoms with van der Waals surface area (Å²) >= 11 is 0. The Bertz CT molecular complexity index is 892. The molecule has 1 saturated heterocycles. The molecule has 1 heterocycles. The molecular formula is C41H74O10. The Morgan fingerprint density at radius 2 is 1.04 bits per heavy atom. The molecule has 10 heteroatoms. The van der Waals surface area contributed by atoms with E-state index in [2.05, 4.69) is 38.2 Å². The van der Waals surface area contributed by atoms with E-state index in [1.807, 2.05) is 0 Å². The van der Waals surface area contributed by atoms with Gasteiger partial charge in [0.2, 0.25) is 0 Å². The number of unbranched alkanes of at least 4 members (excludes halogenated alkanes) is 18. The molecule has 10 nitrogen and oxygen atoms in total. The molecule has 0 aromatic rings. The summed E-state index contributed by atoms with van der Waals surface area (Å²) in [6.07, 6.45) is 26.1. The summed E-state index contributed by atoms with van der Waals surface area (Å²) in [7, 11) is 0. The molecule has 1 rings (SSSR count). The van der Waals surface area contributed by atoms with Crippen molar-refractivity contribution in [3.8, 4) is 0 Å². The molecule has 6 atom stereocenters. The van der Waals surface area contributed by atoms with Gasteiger partial charge in [0.15, 0.2) is 12.4 Å². The summed E-state index contributed by atoms with van der Waals surface area (Å²) in [6.45, 7) is 3.36. The van der Waals surface area contributed by atoms with Gasteiger partial charge in [0.25, 0.3) is 0 Å². The van der Waals surface area contributed by atoms with Gasteiger partial charge in [0.05, 0.1) is 13.2 Å². The highest BCUT2D eigenvalue weighted by atomic mass is 16.7. The maximum absolute atomic E-state index is 12.7. The fourth-order valence-electron chi connectivity index (χ4n) is 6.00. The van der Waals surface area contributed by atoms with Gasteiger partial charge in [0.1, 0.15) is 31.0 Å². The number of hydrogen-bond acceptors (Lipinski definition) is 10. The normalized spacial score (nSPS) is 21.4. The predicted octanol–water partition coefficient (Wildman–Crippen LogP) is 7.77. The second-order valence-electron chi connectivity index (χ2n) is 14.1. The Labute approximate surface area is 309 Å². The van der Waals surface area contributed by atoms with Gasteiger partial charge in [-0.25, -0.2) is 0 Å². The number of aliphatic hydroxyl groups excluding tert-OH is 4. The molecule has 298 valence electrons. The van der Waals surface area contributed by atoms with Crippen molar-refractivity contribution in [2.45, 2.75) is 205 Å². The van der Waals surface area contributed by atoms with Crippen molar-refractivity contribution in [1.82, 2.24) is 0 Å². The van der Waals surface area contributed by atoms with Gasteiger partial charge in [-0.3, -0.25) is 9.59 Å². The molecule has 51 heavy (non-hydrogen) atoms. The number of allylic oxidation sites excluding steroid dienone is 4. The highest BCUT2D eigenvalue weighted by Crippen LogP contribution is 2.22. The molecule has 0 aliphatic carbocycles.